The molecule has 0 aliphatic heterocycles. The van der Waals surface area contributed by atoms with Gasteiger partial charge in [0.2, 0.25) is 0 Å². The van der Waals surface area contributed by atoms with Gasteiger partial charge in [-0.25, -0.2) is 0 Å². The fraction of sp³-hybridized carbons (Fsp3) is 0. The zero-order chi connectivity index (χ0) is 16.8. The van der Waals surface area contributed by atoms with Gasteiger partial charge in [0.05, 0.1) is 5.70 Å². The molecule has 2 aromatic rings. The number of aldehydes is 2. The largest absolute Gasteiger partial charge is 0.398 e. The molecule has 0 aliphatic carbocycles. The van der Waals surface area contributed by atoms with Gasteiger partial charge in [-0.2, -0.15) is 0 Å². The maximum absolute atomic E-state index is 11.5. The smallest absolute Gasteiger partial charge is 0.152 e. The molecule has 2 aromatic carbocycles. The van der Waals surface area contributed by atoms with Crippen molar-refractivity contribution in [3.8, 4) is 0 Å². The highest BCUT2D eigenvalue weighted by Gasteiger charge is 2.11. The molecule has 0 unspecified atom stereocenters. The highest BCUT2D eigenvalue weighted by molar-refractivity contribution is 9.10. The molecule has 0 aliphatic rings. The number of hydrogen-bond donors (Lipinski definition) is 1. The van der Waals surface area contributed by atoms with Crippen molar-refractivity contribution in [2.45, 2.75) is 0 Å². The molecule has 0 saturated carbocycles. The van der Waals surface area contributed by atoms with Crippen LogP contribution in [0.15, 0.2) is 64.1 Å². The first-order chi connectivity index (χ1) is 11.0. The fourth-order valence-corrected chi connectivity index (χ4v) is 2.38. The van der Waals surface area contributed by atoms with Gasteiger partial charge in [0.1, 0.15) is 0 Å². The molecule has 0 saturated heterocycles. The Morgan fingerprint density at radius 2 is 1.57 bits per heavy atom. The Morgan fingerprint density at radius 1 is 0.957 bits per heavy atom. The summed E-state index contributed by atoms with van der Waals surface area (Å²) in [5.41, 5.74) is 8.06. The van der Waals surface area contributed by atoms with E-state index in [0.29, 0.717) is 23.2 Å². The second-order valence-corrected chi connectivity index (χ2v) is 6.07. The first kappa shape index (κ1) is 17.2. The van der Waals surface area contributed by atoms with E-state index in [2.05, 4.69) is 15.9 Å². The third kappa shape index (κ3) is 4.41. The summed E-state index contributed by atoms with van der Waals surface area (Å²) < 4.78 is 0.925. The molecule has 23 heavy (non-hydrogen) atoms. The van der Waals surface area contributed by atoms with Crippen molar-refractivity contribution in [1.82, 2.24) is 0 Å². The van der Waals surface area contributed by atoms with Gasteiger partial charge in [-0.3, -0.25) is 9.59 Å². The SMILES string of the molecule is N/C(=C(C=O)\C(C=O)=C\c1ccc(Br)cc1)c1ccc(Cl)cc1. The maximum Gasteiger partial charge on any atom is 0.152 e. The molecule has 0 fully saturated rings. The van der Waals surface area contributed by atoms with Crippen LogP contribution in [0.5, 0.6) is 0 Å². The van der Waals surface area contributed by atoms with Gasteiger partial charge in [0.25, 0.3) is 0 Å². The van der Waals surface area contributed by atoms with Crippen LogP contribution in [0.25, 0.3) is 11.8 Å². The zero-order valence-corrected chi connectivity index (χ0v) is 14.3. The Kier molecular flexibility index (Phi) is 5.90. The Balaban J connectivity index is 2.49. The Morgan fingerprint density at radius 3 is 2.09 bits per heavy atom. The van der Waals surface area contributed by atoms with E-state index in [0.717, 1.165) is 10.0 Å². The molecule has 0 spiro atoms. The van der Waals surface area contributed by atoms with Gasteiger partial charge < -0.3 is 5.73 Å². The summed E-state index contributed by atoms with van der Waals surface area (Å²) in [6.45, 7) is 0. The summed E-state index contributed by atoms with van der Waals surface area (Å²) in [6, 6.07) is 14.1. The number of benzene rings is 2. The summed E-state index contributed by atoms with van der Waals surface area (Å²) in [4.78, 5) is 22.9. The summed E-state index contributed by atoms with van der Waals surface area (Å²) in [5.74, 6) is 0. The van der Waals surface area contributed by atoms with Crippen molar-refractivity contribution >= 4 is 51.9 Å². The van der Waals surface area contributed by atoms with Gasteiger partial charge in [-0.1, -0.05) is 51.8 Å². The summed E-state index contributed by atoms with van der Waals surface area (Å²) in [6.07, 6.45) is 2.82. The quantitative estimate of drug-likeness (QED) is 0.471. The van der Waals surface area contributed by atoms with Crippen molar-refractivity contribution < 1.29 is 9.59 Å². The minimum absolute atomic E-state index is 0.144. The van der Waals surface area contributed by atoms with Crippen molar-refractivity contribution in [3.63, 3.8) is 0 Å². The summed E-state index contributed by atoms with van der Waals surface area (Å²) >= 11 is 9.19. The molecule has 0 aromatic heterocycles. The lowest BCUT2D eigenvalue weighted by molar-refractivity contribution is -0.107. The Labute approximate surface area is 147 Å². The van der Waals surface area contributed by atoms with Gasteiger partial charge in [-0.15, -0.1) is 0 Å². The van der Waals surface area contributed by atoms with Crippen LogP contribution in [0.4, 0.5) is 0 Å². The molecular formula is C18H13BrClNO2. The van der Waals surface area contributed by atoms with Crippen LogP contribution in [0.3, 0.4) is 0 Å². The number of allylic oxidation sites excluding steroid dienone is 2. The molecule has 5 heteroatoms. The van der Waals surface area contributed by atoms with E-state index in [1.165, 1.54) is 0 Å². The van der Waals surface area contributed by atoms with Crippen molar-refractivity contribution in [2.24, 2.45) is 5.73 Å². The normalized spacial score (nSPS) is 12.5. The van der Waals surface area contributed by atoms with Crippen LogP contribution in [0.2, 0.25) is 5.02 Å². The Bertz CT molecular complexity index is 778. The summed E-state index contributed by atoms with van der Waals surface area (Å²) in [7, 11) is 0. The topological polar surface area (TPSA) is 60.2 Å². The Hall–Kier alpha value is -2.17. The standard InChI is InChI=1S/C18H13BrClNO2/c19-15-5-1-12(2-6-15)9-14(10-22)17(11-23)18(21)13-3-7-16(20)8-4-13/h1-11H,21H2/b14-9+,18-17-. The molecule has 0 heterocycles. The molecule has 0 amide bonds. The van der Waals surface area contributed by atoms with Crippen molar-refractivity contribution in [3.05, 3.63) is 80.3 Å². The van der Waals surface area contributed by atoms with E-state index in [1.807, 2.05) is 24.3 Å². The average Bonchev–Trinajstić information content (AvgIpc) is 2.57. The van der Waals surface area contributed by atoms with Crippen LogP contribution in [0.1, 0.15) is 11.1 Å². The van der Waals surface area contributed by atoms with Gasteiger partial charge in [0.15, 0.2) is 12.6 Å². The second kappa shape index (κ2) is 7.90. The first-order valence-electron chi connectivity index (χ1n) is 6.69. The van der Waals surface area contributed by atoms with Crippen molar-refractivity contribution in [1.29, 1.82) is 0 Å². The number of hydrogen-bond acceptors (Lipinski definition) is 3. The summed E-state index contributed by atoms with van der Waals surface area (Å²) in [5, 5.41) is 0.565. The number of rotatable bonds is 5. The van der Waals surface area contributed by atoms with Gasteiger partial charge in [-0.05, 0) is 41.5 Å². The van der Waals surface area contributed by atoms with Crippen LogP contribution >= 0.6 is 27.5 Å². The van der Waals surface area contributed by atoms with Gasteiger partial charge in [0, 0.05) is 20.6 Å². The molecule has 116 valence electrons. The number of halogens is 2. The van der Waals surface area contributed by atoms with Crippen LogP contribution in [-0.2, 0) is 9.59 Å². The molecule has 0 atom stereocenters. The molecule has 2 rings (SSSR count). The molecule has 0 radical (unpaired) electrons. The lowest BCUT2D eigenvalue weighted by atomic mass is 9.99. The lowest BCUT2D eigenvalue weighted by Gasteiger charge is -2.07. The minimum atomic E-state index is 0.144. The highest BCUT2D eigenvalue weighted by atomic mass is 79.9. The number of nitrogens with two attached hydrogens (primary N) is 1. The van der Waals surface area contributed by atoms with E-state index < -0.39 is 0 Å². The molecule has 0 bridgehead atoms. The molecule has 3 nitrogen and oxygen atoms in total. The lowest BCUT2D eigenvalue weighted by Crippen LogP contribution is -2.06. The predicted molar refractivity (Wildman–Crippen MR) is 96.8 cm³/mol. The van der Waals surface area contributed by atoms with E-state index in [1.54, 1.807) is 30.3 Å². The third-order valence-electron chi connectivity index (χ3n) is 3.19. The zero-order valence-electron chi connectivity index (χ0n) is 12.0. The first-order valence-corrected chi connectivity index (χ1v) is 7.86. The monoisotopic (exact) mass is 389 g/mol. The van der Waals surface area contributed by atoms with E-state index in [4.69, 9.17) is 17.3 Å². The van der Waals surface area contributed by atoms with Gasteiger partial charge >= 0.3 is 0 Å². The molecule has 2 N–H and O–H groups in total. The molecular weight excluding hydrogens is 378 g/mol. The van der Waals surface area contributed by atoms with Crippen molar-refractivity contribution in [2.75, 3.05) is 0 Å². The predicted octanol–water partition coefficient (Wildman–Crippen LogP) is 4.25. The van der Waals surface area contributed by atoms with Crippen LogP contribution in [-0.4, -0.2) is 12.6 Å². The number of carbonyl (C=O) groups excluding carboxylic acids is 2. The van der Waals surface area contributed by atoms with Crippen LogP contribution < -0.4 is 5.73 Å². The fourth-order valence-electron chi connectivity index (χ4n) is 1.99. The second-order valence-electron chi connectivity index (χ2n) is 4.72. The van der Waals surface area contributed by atoms with Crippen LogP contribution in [0, 0.1) is 0 Å². The minimum Gasteiger partial charge on any atom is -0.398 e. The van der Waals surface area contributed by atoms with E-state index >= 15 is 0 Å². The number of carbonyl (C=O) groups is 2. The average molecular weight is 391 g/mol. The third-order valence-corrected chi connectivity index (χ3v) is 3.97. The highest BCUT2D eigenvalue weighted by Crippen LogP contribution is 2.21. The van der Waals surface area contributed by atoms with E-state index in [-0.39, 0.29) is 16.8 Å². The maximum atomic E-state index is 11.5. The van der Waals surface area contributed by atoms with E-state index in [9.17, 15) is 9.59 Å².